The topological polar surface area (TPSA) is 9.23 Å². The number of hydrogen-bond donors (Lipinski definition) is 0. The van der Waals surface area contributed by atoms with Gasteiger partial charge in [0.05, 0.1) is 11.2 Å². The summed E-state index contributed by atoms with van der Waals surface area (Å²) in [6.07, 6.45) is 12.6. The minimum Gasteiger partial charge on any atom is -0.369 e. The number of ether oxygens (including phenoxy) is 1. The summed E-state index contributed by atoms with van der Waals surface area (Å²) in [5, 5.41) is 0. The Kier molecular flexibility index (Phi) is 11.5. The van der Waals surface area contributed by atoms with Crippen molar-refractivity contribution in [2.45, 2.75) is 131 Å². The fourth-order valence-corrected chi connectivity index (χ4v) is 3.64. The van der Waals surface area contributed by atoms with Crippen molar-refractivity contribution in [3.8, 4) is 0 Å². The second kappa shape index (κ2) is 11.5. The van der Waals surface area contributed by atoms with Gasteiger partial charge in [0.15, 0.2) is 0 Å². The molecule has 1 nitrogen and oxygen atoms in total. The van der Waals surface area contributed by atoms with Gasteiger partial charge < -0.3 is 4.74 Å². The first kappa shape index (κ1) is 23.0. The fraction of sp³-hybridized carbons (Fsp3) is 1.00. The Balaban J connectivity index is 5.15. The van der Waals surface area contributed by atoms with Crippen LogP contribution in [0.4, 0.5) is 0 Å². The van der Waals surface area contributed by atoms with Crippen LogP contribution in [0.5, 0.6) is 0 Å². The van der Waals surface area contributed by atoms with Gasteiger partial charge in [-0.2, -0.15) is 0 Å². The summed E-state index contributed by atoms with van der Waals surface area (Å²) in [6.45, 7) is 18.7. The van der Waals surface area contributed by atoms with E-state index in [4.69, 9.17) is 4.74 Å². The Morgan fingerprint density at radius 3 is 1.26 bits per heavy atom. The van der Waals surface area contributed by atoms with Crippen LogP contribution >= 0.6 is 0 Å². The summed E-state index contributed by atoms with van der Waals surface area (Å²) in [5.41, 5.74) is 0.0443. The monoisotopic (exact) mass is 326 g/mol. The Labute approximate surface area is 148 Å². The van der Waals surface area contributed by atoms with Crippen molar-refractivity contribution in [1.29, 1.82) is 0 Å². The average molecular weight is 327 g/mol. The lowest BCUT2D eigenvalue weighted by Crippen LogP contribution is -2.48. The molecule has 4 unspecified atom stereocenters. The standard InChI is InChI=1S/C22H46O/c1-9-13-15-17-21(7,19(5)11-3)23-22(8,20(6)12-4)18-16-14-10-2/h19-20H,9-18H2,1-8H3. The van der Waals surface area contributed by atoms with Gasteiger partial charge in [0.2, 0.25) is 0 Å². The predicted molar refractivity (Wildman–Crippen MR) is 105 cm³/mol. The van der Waals surface area contributed by atoms with Crippen LogP contribution in [-0.4, -0.2) is 11.2 Å². The molecule has 0 saturated heterocycles. The summed E-state index contributed by atoms with van der Waals surface area (Å²) >= 11 is 0. The van der Waals surface area contributed by atoms with Crippen molar-refractivity contribution in [1.82, 2.24) is 0 Å². The van der Waals surface area contributed by atoms with Gasteiger partial charge in [0.1, 0.15) is 0 Å². The van der Waals surface area contributed by atoms with Crippen molar-refractivity contribution >= 4 is 0 Å². The maximum atomic E-state index is 7.02. The first-order valence-electron chi connectivity index (χ1n) is 10.5. The van der Waals surface area contributed by atoms with Crippen molar-refractivity contribution in [2.75, 3.05) is 0 Å². The molecule has 0 spiro atoms. The quantitative estimate of drug-likeness (QED) is 0.296. The fourth-order valence-electron chi connectivity index (χ4n) is 3.64. The molecule has 4 atom stereocenters. The van der Waals surface area contributed by atoms with E-state index in [0.717, 1.165) is 0 Å². The third-order valence-electron chi connectivity index (χ3n) is 6.33. The van der Waals surface area contributed by atoms with Gasteiger partial charge >= 0.3 is 0 Å². The SMILES string of the molecule is CCCCCC(C)(OC(C)(CCCCC)C(C)CC)C(C)CC. The van der Waals surface area contributed by atoms with E-state index >= 15 is 0 Å². The van der Waals surface area contributed by atoms with Crippen LogP contribution in [0.25, 0.3) is 0 Å². The minimum absolute atomic E-state index is 0.0221. The van der Waals surface area contributed by atoms with E-state index < -0.39 is 0 Å². The molecule has 1 heteroatoms. The molecule has 0 aliphatic rings. The Morgan fingerprint density at radius 1 is 0.652 bits per heavy atom. The van der Waals surface area contributed by atoms with Gasteiger partial charge in [-0.05, 0) is 38.5 Å². The average Bonchev–Trinajstić information content (AvgIpc) is 2.53. The zero-order valence-corrected chi connectivity index (χ0v) is 17.6. The molecule has 23 heavy (non-hydrogen) atoms. The number of rotatable bonds is 14. The molecule has 140 valence electrons. The van der Waals surface area contributed by atoms with Crippen molar-refractivity contribution in [3.05, 3.63) is 0 Å². The first-order valence-corrected chi connectivity index (χ1v) is 10.5. The second-order valence-corrected chi connectivity index (χ2v) is 8.26. The van der Waals surface area contributed by atoms with Crippen LogP contribution < -0.4 is 0 Å². The molecule has 0 aromatic rings. The number of hydrogen-bond acceptors (Lipinski definition) is 1. The lowest BCUT2D eigenvalue weighted by molar-refractivity contribution is -0.193. The Morgan fingerprint density at radius 2 is 1.00 bits per heavy atom. The van der Waals surface area contributed by atoms with Gasteiger partial charge in [-0.15, -0.1) is 0 Å². The van der Waals surface area contributed by atoms with Gasteiger partial charge in [-0.3, -0.25) is 0 Å². The second-order valence-electron chi connectivity index (χ2n) is 8.26. The Hall–Kier alpha value is -0.0400. The summed E-state index contributed by atoms with van der Waals surface area (Å²) in [5.74, 6) is 1.24. The normalized spacial score (nSPS) is 19.8. The van der Waals surface area contributed by atoms with E-state index in [1.807, 2.05) is 0 Å². The van der Waals surface area contributed by atoms with Crippen LogP contribution in [0, 0.1) is 11.8 Å². The molecule has 0 bridgehead atoms. The van der Waals surface area contributed by atoms with Gasteiger partial charge in [-0.1, -0.05) is 92.9 Å². The smallest absolute Gasteiger partial charge is 0.0687 e. The van der Waals surface area contributed by atoms with Crippen LogP contribution in [0.3, 0.4) is 0 Å². The highest BCUT2D eigenvalue weighted by atomic mass is 16.5. The summed E-state index contributed by atoms with van der Waals surface area (Å²) in [7, 11) is 0. The molecule has 0 saturated carbocycles. The number of unbranched alkanes of at least 4 members (excludes halogenated alkanes) is 4. The predicted octanol–water partition coefficient (Wildman–Crippen LogP) is 7.77. The molecule has 0 radical (unpaired) electrons. The van der Waals surface area contributed by atoms with E-state index in [1.54, 1.807) is 0 Å². The largest absolute Gasteiger partial charge is 0.369 e. The highest BCUT2D eigenvalue weighted by Gasteiger charge is 2.40. The third kappa shape index (κ3) is 7.59. The molecule has 0 rings (SSSR count). The van der Waals surface area contributed by atoms with Crippen molar-refractivity contribution in [3.63, 3.8) is 0 Å². The molecule has 0 heterocycles. The van der Waals surface area contributed by atoms with E-state index in [9.17, 15) is 0 Å². The molecular formula is C22H46O. The maximum Gasteiger partial charge on any atom is 0.0687 e. The lowest BCUT2D eigenvalue weighted by Gasteiger charge is -2.47. The summed E-state index contributed by atoms with van der Waals surface area (Å²) < 4.78 is 7.02. The van der Waals surface area contributed by atoms with Gasteiger partial charge in [0, 0.05) is 0 Å². The molecule has 0 aliphatic heterocycles. The first-order chi connectivity index (χ1) is 10.8. The highest BCUT2D eigenvalue weighted by molar-refractivity contribution is 4.89. The zero-order chi connectivity index (χ0) is 17.9. The third-order valence-corrected chi connectivity index (χ3v) is 6.33. The van der Waals surface area contributed by atoms with E-state index in [2.05, 4.69) is 55.4 Å². The molecule has 0 aliphatic carbocycles. The molecule has 0 fully saturated rings. The molecular weight excluding hydrogens is 280 g/mol. The van der Waals surface area contributed by atoms with E-state index in [-0.39, 0.29) is 11.2 Å². The molecule has 0 aromatic heterocycles. The summed E-state index contributed by atoms with van der Waals surface area (Å²) in [6, 6.07) is 0. The van der Waals surface area contributed by atoms with E-state index in [1.165, 1.54) is 64.2 Å². The van der Waals surface area contributed by atoms with Crippen LogP contribution in [0.2, 0.25) is 0 Å². The van der Waals surface area contributed by atoms with Crippen molar-refractivity contribution in [2.24, 2.45) is 11.8 Å². The van der Waals surface area contributed by atoms with E-state index in [0.29, 0.717) is 11.8 Å². The Bertz CT molecular complexity index is 260. The zero-order valence-electron chi connectivity index (χ0n) is 17.6. The van der Waals surface area contributed by atoms with Crippen LogP contribution in [-0.2, 0) is 4.74 Å². The van der Waals surface area contributed by atoms with Gasteiger partial charge in [0.25, 0.3) is 0 Å². The lowest BCUT2D eigenvalue weighted by atomic mass is 9.79. The van der Waals surface area contributed by atoms with Crippen LogP contribution in [0.15, 0.2) is 0 Å². The van der Waals surface area contributed by atoms with Crippen LogP contribution in [0.1, 0.15) is 120 Å². The van der Waals surface area contributed by atoms with Crippen molar-refractivity contribution < 1.29 is 4.74 Å². The highest BCUT2D eigenvalue weighted by Crippen LogP contribution is 2.40. The molecule has 0 aromatic carbocycles. The maximum absolute atomic E-state index is 7.02. The molecule has 0 amide bonds. The van der Waals surface area contributed by atoms with Gasteiger partial charge in [-0.25, -0.2) is 0 Å². The minimum atomic E-state index is 0.0221. The summed E-state index contributed by atoms with van der Waals surface area (Å²) in [4.78, 5) is 0. The molecule has 0 N–H and O–H groups in total.